The molecule has 0 saturated carbocycles. The van der Waals surface area contributed by atoms with Crippen molar-refractivity contribution in [3.8, 4) is 5.75 Å². The van der Waals surface area contributed by atoms with Gasteiger partial charge in [-0.25, -0.2) is 4.99 Å². The molecule has 10 heteroatoms. The van der Waals surface area contributed by atoms with Crippen LogP contribution in [0.2, 0.25) is 0 Å². The highest BCUT2D eigenvalue weighted by molar-refractivity contribution is 9.10. The Morgan fingerprint density at radius 3 is 2.35 bits per heavy atom. The number of halogens is 2. The molecule has 212 valence electrons. The Labute approximate surface area is 251 Å². The summed E-state index contributed by atoms with van der Waals surface area (Å²) in [6.45, 7) is 0.615. The minimum absolute atomic E-state index is 0.0658. The second-order valence-electron chi connectivity index (χ2n) is 9.19. The molecule has 0 fully saturated rings. The average Bonchev–Trinajstić information content (AvgIpc) is 3.35. The van der Waals surface area contributed by atoms with Crippen LogP contribution in [0.3, 0.4) is 0 Å². The van der Waals surface area contributed by atoms with Gasteiger partial charge in [-0.3, -0.25) is 4.79 Å². The van der Waals surface area contributed by atoms with Crippen molar-refractivity contribution in [1.82, 2.24) is 5.32 Å². The van der Waals surface area contributed by atoms with E-state index in [1.807, 2.05) is 72.8 Å². The molecular weight excluding hydrogens is 644 g/mol. The first-order chi connectivity index (χ1) is 19.4. The number of aliphatic hydroxyl groups is 1. The molecule has 1 heterocycles. The maximum atomic E-state index is 14.2. The van der Waals surface area contributed by atoms with Gasteiger partial charge >= 0.3 is 0 Å². The highest BCUT2D eigenvalue weighted by atomic mass is 79.9. The van der Waals surface area contributed by atoms with Gasteiger partial charge in [0.2, 0.25) is 5.90 Å². The zero-order valence-corrected chi connectivity index (χ0v) is 25.5. The monoisotopic (exact) mass is 674 g/mol. The maximum Gasteiger partial charge on any atom is 0.252 e. The van der Waals surface area contributed by atoms with Crippen LogP contribution in [0, 0.1) is 0 Å². The number of benzene rings is 3. The summed E-state index contributed by atoms with van der Waals surface area (Å²) >= 11 is 7.31. The highest BCUT2D eigenvalue weighted by Crippen LogP contribution is 2.45. The molecular formula is C30H32Br2N2O6. The number of aliphatic hydroxyl groups excluding tert-OH is 1. The van der Waals surface area contributed by atoms with E-state index < -0.39 is 17.9 Å². The van der Waals surface area contributed by atoms with E-state index in [1.54, 1.807) is 0 Å². The Kier molecular flexibility index (Phi) is 10.7. The number of nitrogens with zero attached hydrogens (tertiary/aromatic N) is 1. The molecule has 1 amide bonds. The Hall–Kier alpha value is -2.76. The summed E-state index contributed by atoms with van der Waals surface area (Å²) in [5.41, 5.74) is 1.05. The number of nitrogens with one attached hydrogen (secondary N) is 1. The Bertz CT molecular complexity index is 1320. The molecule has 4 rings (SSSR count). The molecule has 0 saturated heterocycles. The lowest BCUT2D eigenvalue weighted by Gasteiger charge is -2.32. The topological polar surface area (TPSA) is 98.6 Å². The van der Waals surface area contributed by atoms with Crippen molar-refractivity contribution in [3.05, 3.63) is 98.4 Å². The van der Waals surface area contributed by atoms with Gasteiger partial charge in [-0.05, 0) is 42.0 Å². The summed E-state index contributed by atoms with van der Waals surface area (Å²) in [7, 11) is 3.04. The van der Waals surface area contributed by atoms with Crippen molar-refractivity contribution in [2.24, 2.45) is 4.99 Å². The van der Waals surface area contributed by atoms with Crippen LogP contribution in [-0.4, -0.2) is 62.7 Å². The fourth-order valence-electron chi connectivity index (χ4n) is 4.47. The van der Waals surface area contributed by atoms with Crippen molar-refractivity contribution in [1.29, 1.82) is 0 Å². The van der Waals surface area contributed by atoms with Crippen molar-refractivity contribution in [2.45, 2.75) is 30.8 Å². The summed E-state index contributed by atoms with van der Waals surface area (Å²) in [5.74, 6) is 0.697. The van der Waals surface area contributed by atoms with E-state index in [0.717, 1.165) is 20.1 Å². The number of carbonyl (C=O) groups excluding carboxylic acids is 1. The lowest BCUT2D eigenvalue weighted by Crippen LogP contribution is -2.51. The van der Waals surface area contributed by atoms with Gasteiger partial charge in [0.05, 0.1) is 13.2 Å². The van der Waals surface area contributed by atoms with E-state index in [-0.39, 0.29) is 25.5 Å². The van der Waals surface area contributed by atoms with E-state index in [1.165, 1.54) is 14.2 Å². The second-order valence-corrected chi connectivity index (χ2v) is 10.9. The summed E-state index contributed by atoms with van der Waals surface area (Å²) < 4.78 is 24.5. The van der Waals surface area contributed by atoms with E-state index in [4.69, 9.17) is 29.0 Å². The third kappa shape index (κ3) is 6.92. The molecule has 0 bridgehead atoms. The Balaban J connectivity index is 1.79. The number of ether oxygens (including phenoxy) is 4. The van der Waals surface area contributed by atoms with Gasteiger partial charge in [-0.2, -0.15) is 0 Å². The number of aliphatic imine (C=N–C) groups is 1. The summed E-state index contributed by atoms with van der Waals surface area (Å²) in [6.07, 6.45) is -0.544. The minimum atomic E-state index is -1.36. The van der Waals surface area contributed by atoms with Crippen LogP contribution in [0.15, 0.2) is 86.7 Å². The molecule has 40 heavy (non-hydrogen) atoms. The van der Waals surface area contributed by atoms with Gasteiger partial charge in [0, 0.05) is 53.7 Å². The second kappa shape index (κ2) is 14.2. The number of hydrogen-bond donors (Lipinski definition) is 2. The van der Waals surface area contributed by atoms with Crippen molar-refractivity contribution >= 4 is 43.7 Å². The van der Waals surface area contributed by atoms with Crippen molar-refractivity contribution in [2.75, 3.05) is 34.0 Å². The van der Waals surface area contributed by atoms with E-state index >= 15 is 0 Å². The smallest absolute Gasteiger partial charge is 0.252 e. The Morgan fingerprint density at radius 2 is 1.70 bits per heavy atom. The molecule has 3 aromatic rings. The predicted octanol–water partition coefficient (Wildman–Crippen LogP) is 5.21. The number of methoxy groups -OCH3 is 2. The molecule has 2 atom stereocenters. The highest BCUT2D eigenvalue weighted by Gasteiger charge is 2.54. The number of carbonyl (C=O) groups is 1. The van der Waals surface area contributed by atoms with Gasteiger partial charge in [0.15, 0.2) is 17.9 Å². The molecule has 0 aromatic heterocycles. The standard InChI is InChI=1S/C30H32Br2N2O6/c1-37-26(38-2)19-33-29(36)30(18-21-8-3-5-10-24(21)31)27(23-9-4-6-11-25(23)32)40-28(34-30)20-12-14-22(15-13-20)39-17-7-16-35/h3-6,8-15,26-27,35H,7,16-19H2,1-2H3,(H,33,36)/t27-,30-/m1/s1. The molecule has 0 aliphatic carbocycles. The quantitative estimate of drug-likeness (QED) is 0.191. The van der Waals surface area contributed by atoms with Crippen LogP contribution in [0.4, 0.5) is 0 Å². The zero-order valence-electron chi connectivity index (χ0n) is 22.3. The van der Waals surface area contributed by atoms with E-state index in [9.17, 15) is 4.79 Å². The molecule has 1 aliphatic heterocycles. The molecule has 3 aromatic carbocycles. The predicted molar refractivity (Wildman–Crippen MR) is 160 cm³/mol. The molecule has 0 radical (unpaired) electrons. The molecule has 1 aliphatic rings. The van der Waals surface area contributed by atoms with Gasteiger partial charge < -0.3 is 29.4 Å². The molecule has 2 N–H and O–H groups in total. The zero-order chi connectivity index (χ0) is 28.5. The van der Waals surface area contributed by atoms with Gasteiger partial charge in [-0.15, -0.1) is 0 Å². The van der Waals surface area contributed by atoms with E-state index in [2.05, 4.69) is 37.2 Å². The lowest BCUT2D eigenvalue weighted by atomic mass is 9.82. The number of rotatable bonds is 13. The van der Waals surface area contributed by atoms with Gasteiger partial charge in [0.25, 0.3) is 5.91 Å². The molecule has 0 unspecified atom stereocenters. The maximum absolute atomic E-state index is 14.2. The fraction of sp³-hybridized carbons (Fsp3) is 0.333. The number of amides is 1. The van der Waals surface area contributed by atoms with Crippen LogP contribution in [0.1, 0.15) is 29.2 Å². The summed E-state index contributed by atoms with van der Waals surface area (Å²) in [4.78, 5) is 19.3. The van der Waals surface area contributed by atoms with Crippen LogP contribution >= 0.6 is 31.9 Å². The minimum Gasteiger partial charge on any atom is -0.494 e. The first-order valence-corrected chi connectivity index (χ1v) is 14.4. The third-order valence-electron chi connectivity index (χ3n) is 6.59. The largest absolute Gasteiger partial charge is 0.494 e. The van der Waals surface area contributed by atoms with Gasteiger partial charge in [-0.1, -0.05) is 68.3 Å². The summed E-state index contributed by atoms with van der Waals surface area (Å²) in [5, 5.41) is 12.0. The van der Waals surface area contributed by atoms with Crippen LogP contribution in [0.25, 0.3) is 0 Å². The normalized spacial score (nSPS) is 18.4. The van der Waals surface area contributed by atoms with Crippen molar-refractivity contribution < 1.29 is 28.8 Å². The Morgan fingerprint density at radius 1 is 1.02 bits per heavy atom. The number of hydrogen-bond acceptors (Lipinski definition) is 7. The van der Waals surface area contributed by atoms with Crippen LogP contribution < -0.4 is 10.1 Å². The average molecular weight is 676 g/mol. The fourth-order valence-corrected chi connectivity index (χ4v) is 5.39. The van der Waals surface area contributed by atoms with Crippen LogP contribution in [-0.2, 0) is 25.4 Å². The first-order valence-electron chi connectivity index (χ1n) is 12.8. The molecule has 8 nitrogen and oxygen atoms in total. The SMILES string of the molecule is COC(CNC(=O)[C@]1(Cc2ccccc2Br)N=C(c2ccc(OCCCO)cc2)O[C@@H]1c1ccccc1Br)OC. The van der Waals surface area contributed by atoms with Gasteiger partial charge in [0.1, 0.15) is 5.75 Å². The van der Waals surface area contributed by atoms with E-state index in [0.29, 0.717) is 30.2 Å². The third-order valence-corrected chi connectivity index (χ3v) is 8.09. The lowest BCUT2D eigenvalue weighted by molar-refractivity contribution is -0.134. The summed E-state index contributed by atoms with van der Waals surface area (Å²) in [6, 6.07) is 22.8. The van der Waals surface area contributed by atoms with Crippen LogP contribution in [0.5, 0.6) is 5.75 Å². The van der Waals surface area contributed by atoms with Crippen molar-refractivity contribution in [3.63, 3.8) is 0 Å². The first kappa shape index (κ1) is 30.2. The molecule has 0 spiro atoms.